The lowest BCUT2D eigenvalue weighted by Crippen LogP contribution is -2.30. The highest BCUT2D eigenvalue weighted by atomic mass is 79.9. The van der Waals surface area contributed by atoms with Crippen molar-refractivity contribution in [1.82, 2.24) is 15.5 Å². The van der Waals surface area contributed by atoms with E-state index in [0.717, 1.165) is 5.69 Å². The number of nitrogens with one attached hydrogen (secondary N) is 2. The topological polar surface area (TPSA) is 79.4 Å². The van der Waals surface area contributed by atoms with Gasteiger partial charge in [-0.3, -0.25) is 9.89 Å². The van der Waals surface area contributed by atoms with Crippen LogP contribution >= 0.6 is 15.9 Å². The van der Waals surface area contributed by atoms with Crippen molar-refractivity contribution in [2.24, 2.45) is 5.16 Å². The van der Waals surface area contributed by atoms with Gasteiger partial charge in [0, 0.05) is 6.42 Å². The fourth-order valence-electron chi connectivity index (χ4n) is 1.64. The Balaban J connectivity index is 2.10. The van der Waals surface area contributed by atoms with E-state index in [2.05, 4.69) is 36.6 Å². The summed E-state index contributed by atoms with van der Waals surface area (Å²) in [7, 11) is 0. The second-order valence-electron chi connectivity index (χ2n) is 4.57. The fraction of sp³-hybridized carbons (Fsp3) is 0.545. The summed E-state index contributed by atoms with van der Waals surface area (Å²) in [6.45, 7) is 5.94. The first-order valence-electron chi connectivity index (χ1n) is 5.76. The molecule has 1 aliphatic rings. The Morgan fingerprint density at radius 3 is 2.83 bits per heavy atom. The smallest absolute Gasteiger partial charge is 0.278 e. The molecule has 1 atom stereocenters. The highest BCUT2D eigenvalue weighted by Crippen LogP contribution is 2.25. The van der Waals surface area contributed by atoms with E-state index in [1.54, 1.807) is 0 Å². The molecule has 0 radical (unpaired) electrons. The molecular weight excluding hydrogens is 300 g/mol. The van der Waals surface area contributed by atoms with Crippen molar-refractivity contribution in [2.75, 3.05) is 0 Å². The van der Waals surface area contributed by atoms with Crippen molar-refractivity contribution in [1.29, 1.82) is 0 Å². The number of amides is 1. The maximum absolute atomic E-state index is 12.0. The van der Waals surface area contributed by atoms with Crippen LogP contribution in [-0.4, -0.2) is 28.0 Å². The van der Waals surface area contributed by atoms with Gasteiger partial charge < -0.3 is 10.2 Å². The summed E-state index contributed by atoms with van der Waals surface area (Å²) in [4.78, 5) is 17.0. The second-order valence-corrected chi connectivity index (χ2v) is 5.36. The normalized spacial score (nSPS) is 18.7. The van der Waals surface area contributed by atoms with E-state index in [1.807, 2.05) is 20.8 Å². The molecule has 6 nitrogen and oxygen atoms in total. The van der Waals surface area contributed by atoms with Crippen LogP contribution in [0.15, 0.2) is 9.63 Å². The van der Waals surface area contributed by atoms with Crippen LogP contribution < -0.4 is 5.32 Å². The van der Waals surface area contributed by atoms with Gasteiger partial charge in [-0.25, -0.2) is 0 Å². The first kappa shape index (κ1) is 13.1. The Bertz CT molecular complexity index is 495. The largest absolute Gasteiger partial charge is 0.391 e. The van der Waals surface area contributed by atoms with Gasteiger partial charge in [0.05, 0.1) is 10.2 Å². The summed E-state index contributed by atoms with van der Waals surface area (Å²) < 4.78 is 0.697. The minimum Gasteiger partial charge on any atom is -0.391 e. The van der Waals surface area contributed by atoms with E-state index >= 15 is 0 Å². The second kappa shape index (κ2) is 5.09. The molecule has 0 bridgehead atoms. The molecule has 1 aromatic rings. The van der Waals surface area contributed by atoms with Crippen LogP contribution in [-0.2, 0) is 4.84 Å². The lowest BCUT2D eigenvalue weighted by atomic mass is 10.1. The molecule has 98 valence electrons. The number of hydrogen-bond donors (Lipinski definition) is 2. The summed E-state index contributed by atoms with van der Waals surface area (Å²) >= 11 is 3.39. The lowest BCUT2D eigenvalue weighted by Gasteiger charge is -2.02. The SMILES string of the molecule is CC(C)c1[nH]nc(C(=O)NC2=NO[C@H](C)C2)c1Br. The highest BCUT2D eigenvalue weighted by molar-refractivity contribution is 9.10. The molecule has 0 saturated heterocycles. The Morgan fingerprint density at radius 2 is 2.33 bits per heavy atom. The van der Waals surface area contributed by atoms with Crippen LogP contribution in [0, 0.1) is 0 Å². The van der Waals surface area contributed by atoms with Gasteiger partial charge in [-0.15, -0.1) is 0 Å². The average molecular weight is 315 g/mol. The Labute approximate surface area is 113 Å². The molecule has 18 heavy (non-hydrogen) atoms. The number of carbonyl (C=O) groups is 1. The molecule has 7 heteroatoms. The van der Waals surface area contributed by atoms with E-state index in [4.69, 9.17) is 4.84 Å². The third kappa shape index (κ3) is 2.55. The van der Waals surface area contributed by atoms with Crippen LogP contribution in [0.2, 0.25) is 0 Å². The molecule has 0 saturated carbocycles. The quantitative estimate of drug-likeness (QED) is 0.877. The van der Waals surface area contributed by atoms with Gasteiger partial charge in [0.2, 0.25) is 0 Å². The molecule has 1 aliphatic heterocycles. The fourth-order valence-corrected chi connectivity index (χ4v) is 2.45. The van der Waals surface area contributed by atoms with E-state index in [9.17, 15) is 4.79 Å². The number of carbonyl (C=O) groups excluding carboxylic acids is 1. The van der Waals surface area contributed by atoms with Gasteiger partial charge in [0.1, 0.15) is 6.10 Å². The molecule has 2 rings (SSSR count). The summed E-state index contributed by atoms with van der Waals surface area (Å²) in [5.74, 6) is 0.510. The Hall–Kier alpha value is -1.37. The van der Waals surface area contributed by atoms with Crippen LogP contribution in [0.3, 0.4) is 0 Å². The number of H-pyrrole nitrogens is 1. The van der Waals surface area contributed by atoms with Gasteiger partial charge in [0.25, 0.3) is 5.91 Å². The van der Waals surface area contributed by atoms with Crippen LogP contribution in [0.1, 0.15) is 49.3 Å². The van der Waals surface area contributed by atoms with Gasteiger partial charge >= 0.3 is 0 Å². The number of aromatic amines is 1. The van der Waals surface area contributed by atoms with E-state index < -0.39 is 0 Å². The van der Waals surface area contributed by atoms with Gasteiger partial charge in [-0.2, -0.15) is 5.10 Å². The minimum atomic E-state index is -0.290. The zero-order chi connectivity index (χ0) is 13.3. The zero-order valence-electron chi connectivity index (χ0n) is 10.5. The number of halogens is 1. The molecule has 0 aromatic carbocycles. The van der Waals surface area contributed by atoms with Crippen molar-refractivity contribution >= 4 is 27.7 Å². The molecule has 0 unspecified atom stereocenters. The van der Waals surface area contributed by atoms with Crippen LogP contribution in [0.25, 0.3) is 0 Å². The van der Waals surface area contributed by atoms with Crippen molar-refractivity contribution in [3.8, 4) is 0 Å². The molecule has 0 aliphatic carbocycles. The lowest BCUT2D eigenvalue weighted by molar-refractivity contribution is 0.0962. The van der Waals surface area contributed by atoms with Crippen molar-refractivity contribution < 1.29 is 9.63 Å². The minimum absolute atomic E-state index is 0.00847. The first-order chi connectivity index (χ1) is 8.49. The molecule has 1 amide bonds. The summed E-state index contributed by atoms with van der Waals surface area (Å²) in [6, 6.07) is 0. The molecule has 2 N–H and O–H groups in total. The summed E-state index contributed by atoms with van der Waals surface area (Å²) in [5, 5.41) is 13.4. The van der Waals surface area contributed by atoms with Crippen molar-refractivity contribution in [3.63, 3.8) is 0 Å². The van der Waals surface area contributed by atoms with Crippen molar-refractivity contribution in [2.45, 2.75) is 39.2 Å². The van der Waals surface area contributed by atoms with Gasteiger partial charge in [-0.1, -0.05) is 19.0 Å². The number of rotatable bonds is 2. The monoisotopic (exact) mass is 314 g/mol. The average Bonchev–Trinajstić information content (AvgIpc) is 2.85. The molecular formula is C11H15BrN4O2. The predicted octanol–water partition coefficient (Wildman–Crippen LogP) is 2.15. The van der Waals surface area contributed by atoms with Crippen LogP contribution in [0.4, 0.5) is 0 Å². The number of nitrogens with zero attached hydrogens (tertiary/aromatic N) is 2. The number of oxime groups is 1. The van der Waals surface area contributed by atoms with Crippen LogP contribution in [0.5, 0.6) is 0 Å². The summed E-state index contributed by atoms with van der Waals surface area (Å²) in [5.41, 5.74) is 1.24. The van der Waals surface area contributed by atoms with E-state index in [1.165, 1.54) is 0 Å². The van der Waals surface area contributed by atoms with E-state index in [-0.39, 0.29) is 17.9 Å². The number of amidine groups is 1. The molecule has 0 spiro atoms. The third-order valence-corrected chi connectivity index (χ3v) is 3.41. The van der Waals surface area contributed by atoms with E-state index in [0.29, 0.717) is 22.4 Å². The summed E-state index contributed by atoms with van der Waals surface area (Å²) in [6.07, 6.45) is 0.610. The Kier molecular flexibility index (Phi) is 3.70. The first-order valence-corrected chi connectivity index (χ1v) is 6.56. The van der Waals surface area contributed by atoms with Gasteiger partial charge in [-0.05, 0) is 28.8 Å². The molecule has 1 aromatic heterocycles. The predicted molar refractivity (Wildman–Crippen MR) is 70.4 cm³/mol. The standard InChI is InChI=1S/C11H15BrN4O2/c1-5(2)9-8(12)10(15-14-9)11(17)13-7-4-6(3)18-16-7/h5-6H,4H2,1-3H3,(H,14,15)(H,13,16,17)/t6-/m1/s1. The zero-order valence-corrected chi connectivity index (χ0v) is 12.0. The molecule has 2 heterocycles. The number of hydrogen-bond acceptors (Lipinski definition) is 4. The molecule has 0 fully saturated rings. The number of aromatic nitrogens is 2. The maximum atomic E-state index is 12.0. The Morgan fingerprint density at radius 1 is 1.61 bits per heavy atom. The maximum Gasteiger partial charge on any atom is 0.278 e. The van der Waals surface area contributed by atoms with Crippen molar-refractivity contribution in [3.05, 3.63) is 15.9 Å². The highest BCUT2D eigenvalue weighted by Gasteiger charge is 2.23. The third-order valence-electron chi connectivity index (χ3n) is 2.61. The van der Waals surface area contributed by atoms with Gasteiger partial charge in [0.15, 0.2) is 11.5 Å².